The van der Waals surface area contributed by atoms with E-state index in [1.54, 1.807) is 0 Å². The zero-order valence-corrected chi connectivity index (χ0v) is 40.2. The highest BCUT2D eigenvalue weighted by Crippen LogP contribution is 2.21. The molecule has 2 saturated heterocycles. The van der Waals surface area contributed by atoms with E-state index in [4.69, 9.17) is 27.4 Å². The number of amides is 11. The van der Waals surface area contributed by atoms with Gasteiger partial charge in [-0.3, -0.25) is 67.1 Å². The van der Waals surface area contributed by atoms with Gasteiger partial charge in [0.25, 0.3) is 0 Å². The van der Waals surface area contributed by atoms with Crippen molar-refractivity contribution in [3.8, 4) is 0 Å². The Morgan fingerprint density at radius 2 is 1.00 bits per heavy atom. The fourth-order valence-corrected chi connectivity index (χ4v) is 7.67. The third-order valence-corrected chi connectivity index (χ3v) is 11.5. The van der Waals surface area contributed by atoms with E-state index in [0.29, 0.717) is 6.42 Å². The predicted molar refractivity (Wildman–Crippen MR) is 245 cm³/mol. The van der Waals surface area contributed by atoms with Crippen molar-refractivity contribution in [2.75, 3.05) is 26.2 Å². The molecule has 0 spiro atoms. The molecule has 2 heterocycles. The van der Waals surface area contributed by atoms with Gasteiger partial charge in [-0.05, 0) is 58.3 Å². The highest BCUT2D eigenvalue weighted by atomic mass is 16.4. The van der Waals surface area contributed by atoms with Crippen molar-refractivity contribution in [2.45, 2.75) is 145 Å². The Labute approximate surface area is 420 Å². The van der Waals surface area contributed by atoms with Crippen LogP contribution in [0.2, 0.25) is 0 Å². The summed E-state index contributed by atoms with van der Waals surface area (Å²) < 4.78 is 0. The minimum Gasteiger partial charge on any atom is -0.481 e. The zero-order valence-electron chi connectivity index (χ0n) is 40.2. The van der Waals surface area contributed by atoms with Crippen LogP contribution >= 0.6 is 0 Å². The highest BCUT2D eigenvalue weighted by molar-refractivity contribution is 5.98. The first-order chi connectivity index (χ1) is 34.6. The van der Waals surface area contributed by atoms with E-state index in [0.717, 1.165) is 16.7 Å². The average molecular weight is 1060 g/mol. The monoisotopic (exact) mass is 1060 g/mol. The number of nitrogens with two attached hydrogens (primary N) is 3. The molecule has 2 fully saturated rings. The lowest BCUT2D eigenvalue weighted by Crippen LogP contribution is -2.59. The molecule has 11 amide bonds. The summed E-state index contributed by atoms with van der Waals surface area (Å²) in [6.07, 6.45) is -6.28. The van der Waals surface area contributed by atoms with Crippen molar-refractivity contribution in [1.82, 2.24) is 47.0 Å². The lowest BCUT2D eigenvalue weighted by atomic mass is 10.0. The molecule has 18 N–H and O–H groups in total. The molecule has 0 aromatic heterocycles. The Morgan fingerprint density at radius 3 is 1.50 bits per heavy atom. The number of likely N-dealkylation sites (tertiary alicyclic amines) is 2. The number of hydrogen-bond acceptors (Lipinski definition) is 17. The fourth-order valence-electron chi connectivity index (χ4n) is 7.67. The van der Waals surface area contributed by atoms with E-state index < -0.39 is 214 Å². The number of aliphatic hydroxyl groups is 1. The van der Waals surface area contributed by atoms with Crippen molar-refractivity contribution in [1.29, 1.82) is 0 Å². The molecule has 0 saturated carbocycles. The van der Waals surface area contributed by atoms with Gasteiger partial charge in [0, 0.05) is 38.8 Å². The molecule has 9 atom stereocenters. The number of carbonyl (C=O) groups is 15. The zero-order chi connectivity index (χ0) is 56.0. The van der Waals surface area contributed by atoms with E-state index >= 15 is 0 Å². The van der Waals surface area contributed by atoms with Crippen LogP contribution in [0.1, 0.15) is 90.4 Å². The number of nitrogens with zero attached hydrogens (tertiary/aromatic N) is 2. The normalized spacial score (nSPS) is 17.8. The van der Waals surface area contributed by atoms with Crippen LogP contribution < -0.4 is 54.4 Å². The van der Waals surface area contributed by atoms with Crippen LogP contribution in [0, 0.1) is 0 Å². The fraction of sp³-hybridized carbons (Fsp3) is 0.643. The maximum Gasteiger partial charge on any atom is 0.326 e. The summed E-state index contributed by atoms with van der Waals surface area (Å²) in [5.41, 5.74) is 16.0. The summed E-state index contributed by atoms with van der Waals surface area (Å²) in [5.74, 6) is -16.7. The SMILES string of the molecule is C[C@@H](O)[C@H](NC(=O)[C@@H]1CCCN1C(=O)CNC(=O)[C@@H](N)CC(=O)O)C(=O)NCC(=O)N[C@@H](CCC(=O)O)C(=O)N1CCC[C@H]1C(=O)N[C@@H](CCC(N)=O)C(=O)N[C@@H](CCC(N)=O)C(=O)N[C@@H](CCC(=O)O)C(=O)O. The van der Waals surface area contributed by atoms with Gasteiger partial charge in [0.15, 0.2) is 0 Å². The number of aliphatic hydroxyl groups excluding tert-OH is 1. The molecule has 412 valence electrons. The van der Waals surface area contributed by atoms with Gasteiger partial charge >= 0.3 is 23.9 Å². The maximum atomic E-state index is 14.0. The van der Waals surface area contributed by atoms with Crippen molar-refractivity contribution in [3.05, 3.63) is 0 Å². The number of carbonyl (C=O) groups excluding carboxylic acids is 11. The Hall–Kier alpha value is -8.03. The number of primary amides is 2. The van der Waals surface area contributed by atoms with Gasteiger partial charge < -0.3 is 89.8 Å². The van der Waals surface area contributed by atoms with Crippen LogP contribution in [-0.2, 0) is 71.9 Å². The smallest absolute Gasteiger partial charge is 0.326 e. The summed E-state index contributed by atoms with van der Waals surface area (Å²) in [4.78, 5) is 190. The van der Waals surface area contributed by atoms with E-state index in [1.165, 1.54) is 0 Å². The molecule has 0 aliphatic carbocycles. The van der Waals surface area contributed by atoms with Gasteiger partial charge in [0.05, 0.1) is 31.7 Å². The van der Waals surface area contributed by atoms with Crippen LogP contribution in [-0.4, -0.2) is 205 Å². The molecule has 0 unspecified atom stereocenters. The van der Waals surface area contributed by atoms with Gasteiger partial charge in [-0.25, -0.2) is 4.79 Å². The minimum absolute atomic E-state index is 0.0486. The second kappa shape index (κ2) is 30.1. The predicted octanol–water partition coefficient (Wildman–Crippen LogP) is -7.85. The van der Waals surface area contributed by atoms with Crippen LogP contribution in [0.4, 0.5) is 0 Å². The van der Waals surface area contributed by atoms with E-state index in [1.807, 2.05) is 0 Å². The first-order valence-electron chi connectivity index (χ1n) is 23.2. The Bertz CT molecular complexity index is 2160. The van der Waals surface area contributed by atoms with Gasteiger partial charge in [-0.2, -0.15) is 0 Å². The summed E-state index contributed by atoms with van der Waals surface area (Å²) in [6, 6.07) is -12.5. The number of carboxylic acids is 4. The molecule has 0 radical (unpaired) electrons. The molecule has 0 bridgehead atoms. The first-order valence-corrected chi connectivity index (χ1v) is 23.2. The number of rotatable bonds is 32. The lowest BCUT2D eigenvalue weighted by Gasteiger charge is -2.30. The number of hydrogen-bond donors (Lipinski definition) is 15. The molecule has 2 aliphatic heterocycles. The molecule has 2 rings (SSSR count). The third-order valence-electron chi connectivity index (χ3n) is 11.5. The van der Waals surface area contributed by atoms with Gasteiger partial charge in [-0.15, -0.1) is 0 Å². The molecule has 32 nitrogen and oxygen atoms in total. The molecule has 0 aromatic rings. The highest BCUT2D eigenvalue weighted by Gasteiger charge is 2.41. The van der Waals surface area contributed by atoms with E-state index in [2.05, 4.69) is 37.2 Å². The van der Waals surface area contributed by atoms with Crippen molar-refractivity contribution in [2.24, 2.45) is 17.2 Å². The number of nitrogens with one attached hydrogen (secondary N) is 7. The topological polar surface area (TPSA) is 526 Å². The van der Waals surface area contributed by atoms with Gasteiger partial charge in [0.2, 0.25) is 65.0 Å². The summed E-state index contributed by atoms with van der Waals surface area (Å²) in [6.45, 7) is -0.505. The van der Waals surface area contributed by atoms with Crippen molar-refractivity contribution < 1.29 is 97.5 Å². The number of carboxylic acid groups (broad SMARTS) is 4. The molecular formula is C42H64N12O20. The van der Waals surface area contributed by atoms with Gasteiger partial charge in [0.1, 0.15) is 42.3 Å². The molecule has 2 aliphatic rings. The second-order valence-corrected chi connectivity index (χ2v) is 17.3. The van der Waals surface area contributed by atoms with Crippen LogP contribution in [0.25, 0.3) is 0 Å². The third kappa shape index (κ3) is 21.0. The molecule has 0 aromatic carbocycles. The molecule has 74 heavy (non-hydrogen) atoms. The van der Waals surface area contributed by atoms with E-state index in [-0.39, 0.29) is 32.4 Å². The summed E-state index contributed by atoms with van der Waals surface area (Å²) in [7, 11) is 0. The van der Waals surface area contributed by atoms with Crippen LogP contribution in [0.5, 0.6) is 0 Å². The van der Waals surface area contributed by atoms with Crippen LogP contribution in [0.3, 0.4) is 0 Å². The average Bonchev–Trinajstić information content (AvgIpc) is 4.02. The second-order valence-electron chi connectivity index (χ2n) is 17.3. The Morgan fingerprint density at radius 1 is 0.541 bits per heavy atom. The lowest BCUT2D eigenvalue weighted by molar-refractivity contribution is -0.144. The first kappa shape index (κ1) is 62.1. The quantitative estimate of drug-likeness (QED) is 0.0297. The Kier molecular flexibility index (Phi) is 25.3. The number of aliphatic carboxylic acids is 4. The van der Waals surface area contributed by atoms with Crippen LogP contribution in [0.15, 0.2) is 0 Å². The molecule has 32 heteroatoms. The van der Waals surface area contributed by atoms with Gasteiger partial charge in [-0.1, -0.05) is 0 Å². The summed E-state index contributed by atoms with van der Waals surface area (Å²) in [5, 5.41) is 62.9. The standard InChI is InChI=1S/C42H64N12O20/c1-19(55)34(52-39(70)25-4-2-14-53(25)30(59)18-47-35(66)20(43)16-33(64)65)40(71)46-17-29(58)48-23(8-12-31(60)61)41(72)54-15-3-5-26(54)38(69)50-22(7-11-28(45)57)36(67)49-21(6-10-27(44)56)37(68)51-24(42(73)74)9-13-32(62)63/h19-26,34,55H,2-18,43H2,1H3,(H2,44,56)(H2,45,57)(H,46,71)(H,47,66)(H,48,58)(H,49,67)(H,50,69)(H,51,68)(H,52,70)(H,60,61)(H,62,63)(H,64,65)(H,73,74)/t19-,20+,21+,22+,23+,24+,25+,26+,34+/m1/s1. The van der Waals surface area contributed by atoms with E-state index in [9.17, 15) is 87.2 Å². The van der Waals surface area contributed by atoms with Crippen molar-refractivity contribution >= 4 is 88.9 Å². The molecular weight excluding hydrogens is 993 g/mol. The Balaban J connectivity index is 2.20. The maximum absolute atomic E-state index is 14.0. The minimum atomic E-state index is -1.75. The summed E-state index contributed by atoms with van der Waals surface area (Å²) >= 11 is 0. The van der Waals surface area contributed by atoms with Crippen molar-refractivity contribution in [3.63, 3.8) is 0 Å². The largest absolute Gasteiger partial charge is 0.481 e.